The lowest BCUT2D eigenvalue weighted by Gasteiger charge is -2.13. The molecule has 7 heteroatoms. The first-order valence-electron chi connectivity index (χ1n) is 4.95. The molecule has 0 radical (unpaired) electrons. The van der Waals surface area contributed by atoms with E-state index in [0.717, 1.165) is 0 Å². The first kappa shape index (κ1) is 16.7. The SMILES string of the molecule is Cl.N[C@H](CCC(F)(F)F)c1ccc(C(=O)O)cc1. The molecule has 0 aliphatic rings. The molecule has 0 heterocycles. The topological polar surface area (TPSA) is 63.3 Å². The third-order valence-corrected chi connectivity index (χ3v) is 2.32. The van der Waals surface area contributed by atoms with E-state index in [9.17, 15) is 18.0 Å². The standard InChI is InChI=1S/C11H12F3NO2.ClH/c12-11(13,14)6-5-9(15)7-1-3-8(4-2-7)10(16)17;/h1-4,9H,5-6,15H2,(H,16,17);1H/t9-;/m1./s1. The van der Waals surface area contributed by atoms with Gasteiger partial charge in [0.1, 0.15) is 0 Å². The lowest BCUT2D eigenvalue weighted by Crippen LogP contribution is -2.15. The van der Waals surface area contributed by atoms with Crippen LogP contribution in [0.3, 0.4) is 0 Å². The van der Waals surface area contributed by atoms with Gasteiger partial charge in [0, 0.05) is 12.5 Å². The molecule has 0 unspecified atom stereocenters. The number of aromatic carboxylic acids is 1. The van der Waals surface area contributed by atoms with Crippen molar-refractivity contribution in [1.82, 2.24) is 0 Å². The second kappa shape index (κ2) is 6.61. The van der Waals surface area contributed by atoms with Crippen molar-refractivity contribution >= 4 is 18.4 Å². The first-order valence-corrected chi connectivity index (χ1v) is 4.95. The number of nitrogens with two attached hydrogens (primary N) is 1. The van der Waals surface area contributed by atoms with Crippen LogP contribution in [0.25, 0.3) is 0 Å². The number of halogens is 4. The number of hydrogen-bond acceptors (Lipinski definition) is 2. The molecular formula is C11H13ClF3NO2. The predicted molar refractivity (Wildman–Crippen MR) is 62.9 cm³/mol. The van der Waals surface area contributed by atoms with Gasteiger partial charge in [-0.2, -0.15) is 13.2 Å². The van der Waals surface area contributed by atoms with Gasteiger partial charge >= 0.3 is 12.1 Å². The summed E-state index contributed by atoms with van der Waals surface area (Å²) in [6, 6.07) is 4.78. The number of carboxylic acids is 1. The van der Waals surface area contributed by atoms with Crippen molar-refractivity contribution in [2.24, 2.45) is 5.73 Å². The van der Waals surface area contributed by atoms with Crippen molar-refractivity contribution in [2.45, 2.75) is 25.1 Å². The van der Waals surface area contributed by atoms with Gasteiger partial charge in [-0.15, -0.1) is 12.4 Å². The molecule has 3 nitrogen and oxygen atoms in total. The second-order valence-electron chi connectivity index (χ2n) is 3.69. The van der Waals surface area contributed by atoms with Gasteiger partial charge in [-0.05, 0) is 24.1 Å². The summed E-state index contributed by atoms with van der Waals surface area (Å²) in [6.45, 7) is 0. The Hall–Kier alpha value is -1.27. The molecule has 1 atom stereocenters. The van der Waals surface area contributed by atoms with Gasteiger partial charge in [-0.1, -0.05) is 12.1 Å². The van der Waals surface area contributed by atoms with Crippen LogP contribution in [0.4, 0.5) is 13.2 Å². The molecule has 1 aromatic rings. The summed E-state index contributed by atoms with van der Waals surface area (Å²) < 4.78 is 35.9. The summed E-state index contributed by atoms with van der Waals surface area (Å²) in [5.41, 5.74) is 6.16. The van der Waals surface area contributed by atoms with Crippen LogP contribution in [0, 0.1) is 0 Å². The molecule has 0 aliphatic carbocycles. The minimum atomic E-state index is -4.22. The molecule has 0 aliphatic heterocycles. The fourth-order valence-corrected chi connectivity index (χ4v) is 1.36. The number of benzene rings is 1. The normalized spacial score (nSPS) is 12.7. The third kappa shape index (κ3) is 5.37. The van der Waals surface area contributed by atoms with E-state index in [2.05, 4.69) is 0 Å². The molecule has 0 amide bonds. The summed E-state index contributed by atoms with van der Waals surface area (Å²) in [7, 11) is 0. The van der Waals surface area contributed by atoms with Crippen molar-refractivity contribution in [3.63, 3.8) is 0 Å². The van der Waals surface area contributed by atoms with E-state index >= 15 is 0 Å². The zero-order valence-electron chi connectivity index (χ0n) is 9.28. The van der Waals surface area contributed by atoms with E-state index < -0.39 is 24.6 Å². The summed E-state index contributed by atoms with van der Waals surface area (Å²) in [5, 5.41) is 8.64. The molecule has 102 valence electrons. The average molecular weight is 284 g/mol. The molecule has 1 aromatic carbocycles. The van der Waals surface area contributed by atoms with Crippen LogP contribution in [-0.4, -0.2) is 17.3 Å². The monoisotopic (exact) mass is 283 g/mol. The fourth-order valence-electron chi connectivity index (χ4n) is 1.36. The molecule has 0 saturated heterocycles. The van der Waals surface area contributed by atoms with Gasteiger partial charge in [0.25, 0.3) is 0 Å². The van der Waals surface area contributed by atoms with E-state index in [1.54, 1.807) is 0 Å². The van der Waals surface area contributed by atoms with Crippen molar-refractivity contribution in [3.8, 4) is 0 Å². The molecule has 1 rings (SSSR count). The van der Waals surface area contributed by atoms with Crippen LogP contribution in [0.15, 0.2) is 24.3 Å². The zero-order valence-corrected chi connectivity index (χ0v) is 10.1. The van der Waals surface area contributed by atoms with E-state index in [4.69, 9.17) is 10.8 Å². The highest BCUT2D eigenvalue weighted by molar-refractivity contribution is 5.87. The molecule has 3 N–H and O–H groups in total. The molecule has 0 aromatic heterocycles. The van der Waals surface area contributed by atoms with E-state index in [1.165, 1.54) is 24.3 Å². The highest BCUT2D eigenvalue weighted by atomic mass is 35.5. The maximum atomic E-state index is 12.0. The van der Waals surface area contributed by atoms with Crippen molar-refractivity contribution in [1.29, 1.82) is 0 Å². The maximum absolute atomic E-state index is 12.0. The number of carbonyl (C=O) groups is 1. The number of alkyl halides is 3. The van der Waals surface area contributed by atoms with Crippen LogP contribution in [0.1, 0.15) is 34.8 Å². The Morgan fingerprint density at radius 3 is 2.17 bits per heavy atom. The van der Waals surface area contributed by atoms with Crippen molar-refractivity contribution < 1.29 is 23.1 Å². The van der Waals surface area contributed by atoms with Crippen LogP contribution in [-0.2, 0) is 0 Å². The average Bonchev–Trinajstić information content (AvgIpc) is 2.25. The lowest BCUT2D eigenvalue weighted by molar-refractivity contribution is -0.136. The Bertz CT molecular complexity index is 392. The summed E-state index contributed by atoms with van der Waals surface area (Å²) in [6.07, 6.45) is -5.39. The van der Waals surface area contributed by atoms with Crippen molar-refractivity contribution in [3.05, 3.63) is 35.4 Å². The maximum Gasteiger partial charge on any atom is 0.389 e. The Kier molecular flexibility index (Phi) is 6.14. The smallest absolute Gasteiger partial charge is 0.389 e. The highest BCUT2D eigenvalue weighted by Gasteiger charge is 2.27. The van der Waals surface area contributed by atoms with Crippen LogP contribution < -0.4 is 5.73 Å². The minimum Gasteiger partial charge on any atom is -0.478 e. The molecule has 0 fully saturated rings. The zero-order chi connectivity index (χ0) is 13.1. The number of hydrogen-bond donors (Lipinski definition) is 2. The third-order valence-electron chi connectivity index (χ3n) is 2.32. The predicted octanol–water partition coefficient (Wildman–Crippen LogP) is 3.15. The van der Waals surface area contributed by atoms with Crippen LogP contribution in [0.2, 0.25) is 0 Å². The van der Waals surface area contributed by atoms with Crippen LogP contribution >= 0.6 is 12.4 Å². The summed E-state index contributed by atoms with van der Waals surface area (Å²) >= 11 is 0. The second-order valence-corrected chi connectivity index (χ2v) is 3.69. The minimum absolute atomic E-state index is 0. The summed E-state index contributed by atoms with van der Waals surface area (Å²) in [4.78, 5) is 10.6. The summed E-state index contributed by atoms with van der Waals surface area (Å²) in [5.74, 6) is -1.08. The van der Waals surface area contributed by atoms with Crippen molar-refractivity contribution in [2.75, 3.05) is 0 Å². The van der Waals surface area contributed by atoms with Gasteiger partial charge in [0.05, 0.1) is 5.56 Å². The molecular weight excluding hydrogens is 271 g/mol. The van der Waals surface area contributed by atoms with Gasteiger partial charge in [-0.25, -0.2) is 4.79 Å². The van der Waals surface area contributed by atoms with E-state index in [1.807, 2.05) is 0 Å². The molecule has 0 spiro atoms. The van der Waals surface area contributed by atoms with E-state index in [-0.39, 0.29) is 24.4 Å². The van der Waals surface area contributed by atoms with Gasteiger partial charge in [0.15, 0.2) is 0 Å². The van der Waals surface area contributed by atoms with Crippen LogP contribution in [0.5, 0.6) is 0 Å². The molecule has 18 heavy (non-hydrogen) atoms. The Labute approximate surface area is 108 Å². The van der Waals surface area contributed by atoms with E-state index in [0.29, 0.717) is 5.56 Å². The Morgan fingerprint density at radius 2 is 1.78 bits per heavy atom. The van der Waals surface area contributed by atoms with Gasteiger partial charge < -0.3 is 10.8 Å². The quantitative estimate of drug-likeness (QED) is 0.892. The number of rotatable bonds is 4. The lowest BCUT2D eigenvalue weighted by atomic mass is 10.0. The Morgan fingerprint density at radius 1 is 1.28 bits per heavy atom. The van der Waals surface area contributed by atoms with Gasteiger partial charge in [0.2, 0.25) is 0 Å². The largest absolute Gasteiger partial charge is 0.478 e. The Balaban J connectivity index is 0.00000289. The number of carboxylic acid groups (broad SMARTS) is 1. The van der Waals surface area contributed by atoms with Gasteiger partial charge in [-0.3, -0.25) is 0 Å². The molecule has 0 bridgehead atoms. The molecule has 0 saturated carbocycles. The fraction of sp³-hybridized carbons (Fsp3) is 0.364. The first-order chi connectivity index (χ1) is 7.79. The highest BCUT2D eigenvalue weighted by Crippen LogP contribution is 2.26.